The van der Waals surface area contributed by atoms with E-state index in [-0.39, 0.29) is 30.3 Å². The van der Waals surface area contributed by atoms with Crippen LogP contribution in [-0.4, -0.2) is 33.4 Å². The molecule has 1 unspecified atom stereocenters. The van der Waals surface area contributed by atoms with Gasteiger partial charge in [0.2, 0.25) is 5.91 Å². The number of nitrogens with one attached hydrogen (secondary N) is 1. The molecule has 3 heterocycles. The standard InChI is InChI=1S/C20H14F5N5O/c21-11-4-3-5-12(22)17(11)30-9-7-14(19(30)31)27-16-10-15(20(23,24)25)28-18(29-16)13-6-1-2-8-26-13/h1-6,8,10,14H,7,9H2,(H,27,28,29). The van der Waals surface area contributed by atoms with Gasteiger partial charge in [0.25, 0.3) is 0 Å². The van der Waals surface area contributed by atoms with Gasteiger partial charge in [-0.15, -0.1) is 0 Å². The number of benzene rings is 1. The average molecular weight is 435 g/mol. The predicted octanol–water partition coefficient (Wildman–Crippen LogP) is 4.05. The Balaban J connectivity index is 1.64. The van der Waals surface area contributed by atoms with Gasteiger partial charge in [0, 0.05) is 18.8 Å². The lowest BCUT2D eigenvalue weighted by molar-refractivity contribution is -0.141. The number of aromatic nitrogens is 3. The van der Waals surface area contributed by atoms with Crippen LogP contribution in [0.3, 0.4) is 0 Å². The molecule has 0 radical (unpaired) electrons. The summed E-state index contributed by atoms with van der Waals surface area (Å²) in [6.07, 6.45) is -3.27. The lowest BCUT2D eigenvalue weighted by atomic mass is 10.2. The Hall–Kier alpha value is -3.63. The maximum Gasteiger partial charge on any atom is 0.433 e. The molecule has 31 heavy (non-hydrogen) atoms. The first-order valence-corrected chi connectivity index (χ1v) is 9.13. The predicted molar refractivity (Wildman–Crippen MR) is 101 cm³/mol. The largest absolute Gasteiger partial charge is 0.433 e. The van der Waals surface area contributed by atoms with E-state index in [9.17, 15) is 26.7 Å². The highest BCUT2D eigenvalue weighted by Crippen LogP contribution is 2.32. The number of rotatable bonds is 4. The van der Waals surface area contributed by atoms with E-state index in [2.05, 4.69) is 20.3 Å². The maximum absolute atomic E-state index is 14.0. The van der Waals surface area contributed by atoms with Crippen LogP contribution in [0.2, 0.25) is 0 Å². The van der Waals surface area contributed by atoms with Gasteiger partial charge in [-0.25, -0.2) is 18.7 Å². The third-order valence-electron chi connectivity index (χ3n) is 4.65. The third-order valence-corrected chi connectivity index (χ3v) is 4.65. The number of amides is 1. The summed E-state index contributed by atoms with van der Waals surface area (Å²) in [5.41, 5.74) is -1.60. The van der Waals surface area contributed by atoms with Crippen molar-refractivity contribution in [3.63, 3.8) is 0 Å². The number of carbonyl (C=O) groups is 1. The summed E-state index contributed by atoms with van der Waals surface area (Å²) < 4.78 is 68.1. The highest BCUT2D eigenvalue weighted by atomic mass is 19.4. The summed E-state index contributed by atoms with van der Waals surface area (Å²) in [6, 6.07) is 7.46. The number of nitrogens with zero attached hydrogens (tertiary/aromatic N) is 4. The Morgan fingerprint density at radius 2 is 1.77 bits per heavy atom. The molecule has 0 aliphatic carbocycles. The van der Waals surface area contributed by atoms with Crippen molar-refractivity contribution < 1.29 is 26.7 Å². The lowest BCUT2D eigenvalue weighted by Gasteiger charge is -2.19. The first kappa shape index (κ1) is 20.6. The molecule has 11 heteroatoms. The molecular weight excluding hydrogens is 421 g/mol. The minimum atomic E-state index is -4.76. The normalized spacial score (nSPS) is 16.6. The Kier molecular flexibility index (Phi) is 5.25. The number of carbonyl (C=O) groups excluding carboxylic acids is 1. The fraction of sp³-hybridized carbons (Fsp3) is 0.200. The van der Waals surface area contributed by atoms with E-state index in [0.717, 1.165) is 17.0 Å². The first-order valence-electron chi connectivity index (χ1n) is 9.13. The van der Waals surface area contributed by atoms with Crippen molar-refractivity contribution in [2.75, 3.05) is 16.8 Å². The molecule has 1 atom stereocenters. The fourth-order valence-electron chi connectivity index (χ4n) is 3.24. The first-order chi connectivity index (χ1) is 14.7. The van der Waals surface area contributed by atoms with E-state index in [1.807, 2.05) is 0 Å². The van der Waals surface area contributed by atoms with Crippen LogP contribution in [0.5, 0.6) is 0 Å². The Labute approximate surface area is 172 Å². The van der Waals surface area contributed by atoms with Crippen LogP contribution in [0.15, 0.2) is 48.7 Å². The molecule has 1 N–H and O–H groups in total. The smallest absolute Gasteiger partial charge is 0.358 e. The SMILES string of the molecule is O=C1C(Nc2cc(C(F)(F)F)nc(-c3ccccn3)n2)CCN1c1c(F)cccc1F. The molecular formula is C20H14F5N5O. The quantitative estimate of drug-likeness (QED) is 0.626. The molecule has 1 fully saturated rings. The van der Waals surface area contributed by atoms with Crippen molar-refractivity contribution in [1.82, 2.24) is 15.0 Å². The number of halogens is 5. The number of alkyl halides is 3. The summed E-state index contributed by atoms with van der Waals surface area (Å²) >= 11 is 0. The van der Waals surface area contributed by atoms with Gasteiger partial charge in [-0.2, -0.15) is 13.2 Å². The summed E-state index contributed by atoms with van der Waals surface area (Å²) in [7, 11) is 0. The van der Waals surface area contributed by atoms with Gasteiger partial charge in [0.05, 0.1) is 0 Å². The Morgan fingerprint density at radius 3 is 2.42 bits per heavy atom. The highest BCUT2D eigenvalue weighted by molar-refractivity contribution is 6.01. The van der Waals surface area contributed by atoms with Crippen LogP contribution >= 0.6 is 0 Å². The van der Waals surface area contributed by atoms with Crippen molar-refractivity contribution in [1.29, 1.82) is 0 Å². The molecule has 1 aliphatic heterocycles. The Morgan fingerprint density at radius 1 is 1.03 bits per heavy atom. The van der Waals surface area contributed by atoms with Crippen molar-refractivity contribution in [2.45, 2.75) is 18.6 Å². The second-order valence-corrected chi connectivity index (χ2v) is 6.72. The molecule has 0 spiro atoms. The van der Waals surface area contributed by atoms with Crippen molar-refractivity contribution in [3.05, 3.63) is 66.0 Å². The molecule has 0 saturated carbocycles. The zero-order valence-electron chi connectivity index (χ0n) is 15.7. The van der Waals surface area contributed by atoms with Gasteiger partial charge in [-0.05, 0) is 30.7 Å². The van der Waals surface area contributed by atoms with Crippen LogP contribution < -0.4 is 10.2 Å². The number of pyridine rings is 1. The van der Waals surface area contributed by atoms with Crippen LogP contribution in [0.25, 0.3) is 11.5 Å². The molecule has 6 nitrogen and oxygen atoms in total. The van der Waals surface area contributed by atoms with Crippen LogP contribution in [0.1, 0.15) is 12.1 Å². The van der Waals surface area contributed by atoms with E-state index in [4.69, 9.17) is 0 Å². The maximum atomic E-state index is 14.0. The summed E-state index contributed by atoms with van der Waals surface area (Å²) in [6.45, 7) is -0.0152. The summed E-state index contributed by atoms with van der Waals surface area (Å²) in [5, 5.41) is 2.64. The van der Waals surface area contributed by atoms with Crippen molar-refractivity contribution in [2.24, 2.45) is 0 Å². The van der Waals surface area contributed by atoms with Crippen LogP contribution in [0, 0.1) is 11.6 Å². The van der Waals surface area contributed by atoms with Gasteiger partial charge in [0.1, 0.15) is 34.9 Å². The highest BCUT2D eigenvalue weighted by Gasteiger charge is 2.37. The molecule has 1 aliphatic rings. The van der Waals surface area contributed by atoms with E-state index < -0.39 is 41.1 Å². The fourth-order valence-corrected chi connectivity index (χ4v) is 3.24. The number of para-hydroxylation sites is 1. The topological polar surface area (TPSA) is 71.0 Å². The summed E-state index contributed by atoms with van der Waals surface area (Å²) in [5.74, 6) is -3.03. The van der Waals surface area contributed by atoms with Gasteiger partial charge in [-0.1, -0.05) is 12.1 Å². The monoisotopic (exact) mass is 435 g/mol. The minimum Gasteiger partial charge on any atom is -0.358 e. The van der Waals surface area contributed by atoms with Gasteiger partial charge >= 0.3 is 6.18 Å². The van der Waals surface area contributed by atoms with Gasteiger partial charge in [-0.3, -0.25) is 9.78 Å². The van der Waals surface area contributed by atoms with Crippen molar-refractivity contribution >= 4 is 17.4 Å². The van der Waals surface area contributed by atoms with Crippen LogP contribution in [0.4, 0.5) is 33.5 Å². The molecule has 1 saturated heterocycles. The van der Waals surface area contributed by atoms with Crippen molar-refractivity contribution in [3.8, 4) is 11.5 Å². The number of hydrogen-bond acceptors (Lipinski definition) is 5. The van der Waals surface area contributed by atoms with E-state index in [1.165, 1.54) is 18.3 Å². The van der Waals surface area contributed by atoms with Gasteiger partial charge < -0.3 is 10.2 Å². The third kappa shape index (κ3) is 4.16. The lowest BCUT2D eigenvalue weighted by Crippen LogP contribution is -2.34. The zero-order chi connectivity index (χ0) is 22.2. The second kappa shape index (κ2) is 7.89. The molecule has 1 aromatic carbocycles. The van der Waals surface area contributed by atoms with E-state index in [0.29, 0.717) is 6.07 Å². The average Bonchev–Trinajstić information content (AvgIpc) is 3.08. The number of anilines is 2. The molecule has 3 aromatic rings. The zero-order valence-corrected chi connectivity index (χ0v) is 15.7. The summed E-state index contributed by atoms with van der Waals surface area (Å²) in [4.78, 5) is 25.1. The molecule has 1 amide bonds. The Bertz CT molecular complexity index is 1100. The molecule has 2 aromatic heterocycles. The van der Waals surface area contributed by atoms with E-state index in [1.54, 1.807) is 12.1 Å². The molecule has 160 valence electrons. The molecule has 0 bridgehead atoms. The van der Waals surface area contributed by atoms with Gasteiger partial charge in [0.15, 0.2) is 11.5 Å². The minimum absolute atomic E-state index is 0.0152. The number of hydrogen-bond donors (Lipinski definition) is 1. The molecule has 4 rings (SSSR count). The van der Waals surface area contributed by atoms with E-state index >= 15 is 0 Å². The second-order valence-electron chi connectivity index (χ2n) is 6.72. The van der Waals surface area contributed by atoms with Crippen LogP contribution in [-0.2, 0) is 11.0 Å².